The van der Waals surface area contributed by atoms with Crippen LogP contribution in [0, 0.1) is 6.92 Å². The molecule has 0 spiro atoms. The van der Waals surface area contributed by atoms with Crippen LogP contribution >= 0.6 is 23.4 Å². The number of carbonyl (C=O) groups is 2. The molecule has 4 rings (SSSR count). The predicted octanol–water partition coefficient (Wildman–Crippen LogP) is 6.47. The number of benzene rings is 3. The largest absolute Gasteiger partial charge is 0.489 e. The van der Waals surface area contributed by atoms with E-state index in [4.69, 9.17) is 16.3 Å². The number of nitrogens with zero attached hydrogens (tertiary/aromatic N) is 1. The van der Waals surface area contributed by atoms with Crippen LogP contribution in [0.2, 0.25) is 5.02 Å². The van der Waals surface area contributed by atoms with Gasteiger partial charge < -0.3 is 4.74 Å². The first-order valence-electron chi connectivity index (χ1n) is 9.31. The minimum absolute atomic E-state index is 0.292. The van der Waals surface area contributed by atoms with E-state index in [1.165, 1.54) is 4.90 Å². The van der Waals surface area contributed by atoms with Crippen LogP contribution < -0.4 is 9.64 Å². The van der Waals surface area contributed by atoms with Crippen molar-refractivity contribution in [1.29, 1.82) is 0 Å². The molecule has 0 aromatic heterocycles. The summed E-state index contributed by atoms with van der Waals surface area (Å²) in [7, 11) is 0. The molecule has 0 aliphatic carbocycles. The van der Waals surface area contributed by atoms with Crippen molar-refractivity contribution in [3.63, 3.8) is 0 Å². The molecule has 0 unspecified atom stereocenters. The van der Waals surface area contributed by atoms with Crippen molar-refractivity contribution in [3.05, 3.63) is 99.4 Å². The van der Waals surface area contributed by atoms with Gasteiger partial charge in [0.25, 0.3) is 11.1 Å². The first kappa shape index (κ1) is 20.3. The lowest BCUT2D eigenvalue weighted by molar-refractivity contribution is -0.113. The number of hydrogen-bond acceptors (Lipinski definition) is 4. The van der Waals surface area contributed by atoms with Crippen molar-refractivity contribution in [2.24, 2.45) is 0 Å². The lowest BCUT2D eigenvalue weighted by Crippen LogP contribution is -2.27. The number of amides is 2. The number of hydrogen-bond donors (Lipinski definition) is 0. The Kier molecular flexibility index (Phi) is 5.93. The van der Waals surface area contributed by atoms with E-state index in [-0.39, 0.29) is 11.1 Å². The number of aryl methyl sites for hydroxylation is 1. The van der Waals surface area contributed by atoms with E-state index in [1.807, 2.05) is 73.7 Å². The molecule has 0 saturated carbocycles. The minimum Gasteiger partial charge on any atom is -0.489 e. The first-order valence-corrected chi connectivity index (χ1v) is 10.5. The molecule has 30 heavy (non-hydrogen) atoms. The van der Waals surface area contributed by atoms with E-state index in [9.17, 15) is 9.59 Å². The Hall–Kier alpha value is -3.02. The zero-order chi connectivity index (χ0) is 21.1. The summed E-state index contributed by atoms with van der Waals surface area (Å²) < 4.78 is 5.78. The summed E-state index contributed by atoms with van der Waals surface area (Å²) >= 11 is 6.84. The second-order valence-corrected chi connectivity index (χ2v) is 8.27. The molecular formula is C24H18ClNO3S. The molecular weight excluding hydrogens is 418 g/mol. The van der Waals surface area contributed by atoms with Crippen molar-refractivity contribution in [2.75, 3.05) is 4.90 Å². The zero-order valence-corrected chi connectivity index (χ0v) is 17.7. The van der Waals surface area contributed by atoms with Gasteiger partial charge >= 0.3 is 0 Å². The Bertz CT molecular complexity index is 1120. The van der Waals surface area contributed by atoms with Gasteiger partial charge in [0.1, 0.15) is 12.4 Å². The van der Waals surface area contributed by atoms with Gasteiger partial charge in [0.05, 0.1) is 10.6 Å². The van der Waals surface area contributed by atoms with Gasteiger partial charge in [-0.3, -0.25) is 9.59 Å². The second kappa shape index (κ2) is 8.78. The summed E-state index contributed by atoms with van der Waals surface area (Å²) in [4.78, 5) is 26.8. The number of halogens is 1. The van der Waals surface area contributed by atoms with E-state index in [0.29, 0.717) is 22.2 Å². The van der Waals surface area contributed by atoms with Crippen LogP contribution in [0.3, 0.4) is 0 Å². The van der Waals surface area contributed by atoms with Gasteiger partial charge in [0, 0.05) is 5.02 Å². The Labute approximate surface area is 184 Å². The first-order chi connectivity index (χ1) is 14.5. The number of rotatable bonds is 5. The van der Waals surface area contributed by atoms with Gasteiger partial charge in [-0.2, -0.15) is 0 Å². The predicted molar refractivity (Wildman–Crippen MR) is 122 cm³/mol. The monoisotopic (exact) mass is 435 g/mol. The Balaban J connectivity index is 1.45. The van der Waals surface area contributed by atoms with Gasteiger partial charge in [0.2, 0.25) is 0 Å². The molecule has 1 heterocycles. The SMILES string of the molecule is Cc1cccc(N2C(=O)S/C(=C\c3ccc(OCc4ccc(Cl)cc4)cc3)C2=O)c1. The highest BCUT2D eigenvalue weighted by atomic mass is 35.5. The highest BCUT2D eigenvalue weighted by Gasteiger charge is 2.36. The Morgan fingerprint density at radius 3 is 2.43 bits per heavy atom. The van der Waals surface area contributed by atoms with E-state index >= 15 is 0 Å². The smallest absolute Gasteiger partial charge is 0.298 e. The average molecular weight is 436 g/mol. The van der Waals surface area contributed by atoms with Gasteiger partial charge in [-0.1, -0.05) is 48.0 Å². The molecule has 2 amide bonds. The number of anilines is 1. The van der Waals surface area contributed by atoms with Crippen molar-refractivity contribution < 1.29 is 14.3 Å². The van der Waals surface area contributed by atoms with Gasteiger partial charge in [-0.25, -0.2) is 4.90 Å². The van der Waals surface area contributed by atoms with E-state index in [1.54, 1.807) is 12.1 Å². The van der Waals surface area contributed by atoms with Crippen molar-refractivity contribution in [2.45, 2.75) is 13.5 Å². The van der Waals surface area contributed by atoms with Crippen molar-refractivity contribution in [3.8, 4) is 5.75 Å². The van der Waals surface area contributed by atoms with E-state index < -0.39 is 0 Å². The van der Waals surface area contributed by atoms with Crippen LogP contribution in [-0.2, 0) is 11.4 Å². The molecule has 0 atom stereocenters. The van der Waals surface area contributed by atoms with Gasteiger partial charge in [-0.15, -0.1) is 0 Å². The fraction of sp³-hybridized carbons (Fsp3) is 0.0833. The van der Waals surface area contributed by atoms with E-state index in [0.717, 1.165) is 34.2 Å². The Morgan fingerprint density at radius 1 is 1.00 bits per heavy atom. The molecule has 1 aliphatic rings. The number of imide groups is 1. The van der Waals surface area contributed by atoms with Crippen LogP contribution in [0.1, 0.15) is 16.7 Å². The standard InChI is InChI=1S/C24H18ClNO3S/c1-16-3-2-4-20(13-16)26-23(27)22(30-24(26)28)14-17-7-11-21(12-8-17)29-15-18-5-9-19(25)10-6-18/h2-14H,15H2,1H3/b22-14-. The summed E-state index contributed by atoms with van der Waals surface area (Å²) in [6.07, 6.45) is 1.73. The summed E-state index contributed by atoms with van der Waals surface area (Å²) in [5.74, 6) is 0.411. The minimum atomic E-state index is -0.307. The summed E-state index contributed by atoms with van der Waals surface area (Å²) in [5.41, 5.74) is 3.42. The van der Waals surface area contributed by atoms with Crippen molar-refractivity contribution >= 4 is 46.3 Å². The summed E-state index contributed by atoms with van der Waals surface area (Å²) in [6.45, 7) is 2.36. The van der Waals surface area contributed by atoms with Crippen LogP contribution in [-0.4, -0.2) is 11.1 Å². The van der Waals surface area contributed by atoms with Crippen LogP contribution in [0.25, 0.3) is 6.08 Å². The molecule has 1 aliphatic heterocycles. The second-order valence-electron chi connectivity index (χ2n) is 6.84. The lowest BCUT2D eigenvalue weighted by Gasteiger charge is -2.12. The maximum atomic E-state index is 12.8. The molecule has 0 radical (unpaired) electrons. The molecule has 0 bridgehead atoms. The third-order valence-electron chi connectivity index (χ3n) is 4.55. The quantitative estimate of drug-likeness (QED) is 0.431. The molecule has 150 valence electrons. The topological polar surface area (TPSA) is 46.6 Å². The third-order valence-corrected chi connectivity index (χ3v) is 5.67. The fourth-order valence-electron chi connectivity index (χ4n) is 3.02. The normalized spacial score (nSPS) is 15.1. The number of thioether (sulfide) groups is 1. The molecule has 3 aromatic carbocycles. The van der Waals surface area contributed by atoms with Crippen LogP contribution in [0.4, 0.5) is 10.5 Å². The maximum Gasteiger partial charge on any atom is 0.298 e. The molecule has 6 heteroatoms. The highest BCUT2D eigenvalue weighted by Crippen LogP contribution is 2.36. The number of ether oxygens (including phenoxy) is 1. The maximum absolute atomic E-state index is 12.8. The summed E-state index contributed by atoms with van der Waals surface area (Å²) in [5, 5.41) is 0.398. The van der Waals surface area contributed by atoms with Gasteiger partial charge in [0.15, 0.2) is 0 Å². The fourth-order valence-corrected chi connectivity index (χ4v) is 3.98. The van der Waals surface area contributed by atoms with E-state index in [2.05, 4.69) is 0 Å². The molecule has 3 aromatic rings. The third kappa shape index (κ3) is 4.58. The molecule has 1 saturated heterocycles. The average Bonchev–Trinajstić information content (AvgIpc) is 3.01. The highest BCUT2D eigenvalue weighted by molar-refractivity contribution is 8.19. The molecule has 1 fully saturated rings. The van der Waals surface area contributed by atoms with Crippen LogP contribution in [0.5, 0.6) is 5.75 Å². The zero-order valence-electron chi connectivity index (χ0n) is 16.2. The molecule has 4 nitrogen and oxygen atoms in total. The lowest BCUT2D eigenvalue weighted by atomic mass is 10.2. The van der Waals surface area contributed by atoms with Gasteiger partial charge in [-0.05, 0) is 77.9 Å². The number of carbonyl (C=O) groups excluding carboxylic acids is 2. The molecule has 0 N–H and O–H groups in total. The van der Waals surface area contributed by atoms with Crippen LogP contribution in [0.15, 0.2) is 77.7 Å². The van der Waals surface area contributed by atoms with Crippen molar-refractivity contribution in [1.82, 2.24) is 0 Å². The summed E-state index contributed by atoms with van der Waals surface area (Å²) in [6, 6.07) is 22.2. The Morgan fingerprint density at radius 2 is 1.73 bits per heavy atom.